The van der Waals surface area contributed by atoms with E-state index in [2.05, 4.69) is 5.43 Å². The predicted molar refractivity (Wildman–Crippen MR) is 123 cm³/mol. The number of nitrogens with one attached hydrogen (secondary N) is 1. The summed E-state index contributed by atoms with van der Waals surface area (Å²) in [6, 6.07) is 23.5. The van der Waals surface area contributed by atoms with E-state index < -0.39 is 28.8 Å². The van der Waals surface area contributed by atoms with E-state index in [0.717, 1.165) is 17.8 Å². The number of benzene rings is 4. The molecule has 0 saturated carbocycles. The number of ketones is 2. The molecule has 0 unspecified atom stereocenters. The van der Waals surface area contributed by atoms with Crippen LogP contribution in [-0.2, 0) is 0 Å². The molecule has 0 atom stereocenters. The number of fused-ring (bicyclic) bond motifs is 2. The smallest absolute Gasteiger partial charge is 0.202 e. The van der Waals surface area contributed by atoms with Gasteiger partial charge in [0.25, 0.3) is 0 Å². The minimum absolute atomic E-state index is 0.0827. The quantitative estimate of drug-likeness (QED) is 0.237. The highest BCUT2D eigenvalue weighted by Gasteiger charge is 2.39. The van der Waals surface area contributed by atoms with Crippen molar-refractivity contribution in [3.63, 3.8) is 0 Å². The maximum atomic E-state index is 13.6. The lowest BCUT2D eigenvalue weighted by Crippen LogP contribution is -2.30. The van der Waals surface area contributed by atoms with Crippen LogP contribution in [0, 0.1) is 0 Å². The van der Waals surface area contributed by atoms with E-state index in [-0.39, 0.29) is 22.3 Å². The fourth-order valence-corrected chi connectivity index (χ4v) is 4.00. The van der Waals surface area contributed by atoms with Crippen molar-refractivity contribution in [1.82, 2.24) is 0 Å². The number of rotatable bonds is 4. The van der Waals surface area contributed by atoms with Crippen LogP contribution in [0.4, 0.5) is 17.1 Å². The van der Waals surface area contributed by atoms with Crippen molar-refractivity contribution >= 4 is 28.6 Å². The molecule has 4 aromatic rings. The van der Waals surface area contributed by atoms with E-state index >= 15 is 0 Å². The summed E-state index contributed by atoms with van der Waals surface area (Å²) < 4.78 is 0. The van der Waals surface area contributed by atoms with Crippen molar-refractivity contribution in [2.75, 3.05) is 10.4 Å². The van der Waals surface area contributed by atoms with E-state index in [1.165, 1.54) is 12.1 Å². The van der Waals surface area contributed by atoms with Crippen LogP contribution in [0.5, 0.6) is 17.2 Å². The minimum atomic E-state index is -0.750. The summed E-state index contributed by atoms with van der Waals surface area (Å²) in [4.78, 5) is 26.9. The molecular weight excluding hydrogens is 420 g/mol. The number of anilines is 3. The highest BCUT2D eigenvalue weighted by Crippen LogP contribution is 2.44. The molecule has 7 heteroatoms. The van der Waals surface area contributed by atoms with Gasteiger partial charge in [0.2, 0.25) is 11.6 Å². The summed E-state index contributed by atoms with van der Waals surface area (Å²) >= 11 is 0. The van der Waals surface area contributed by atoms with Crippen LogP contribution in [-0.4, -0.2) is 26.9 Å². The molecule has 0 radical (unpaired) electrons. The van der Waals surface area contributed by atoms with Crippen molar-refractivity contribution in [1.29, 1.82) is 0 Å². The molecule has 0 bridgehead atoms. The molecule has 5 rings (SSSR count). The summed E-state index contributed by atoms with van der Waals surface area (Å²) in [5.41, 5.74) is 3.98. The number of aromatic hydroxyl groups is 3. The van der Waals surface area contributed by atoms with E-state index in [4.69, 9.17) is 0 Å². The van der Waals surface area contributed by atoms with Gasteiger partial charge in [-0.15, -0.1) is 0 Å². The Bertz CT molecular complexity index is 1400. The van der Waals surface area contributed by atoms with Gasteiger partial charge in [-0.05, 0) is 48.5 Å². The summed E-state index contributed by atoms with van der Waals surface area (Å²) in [6.45, 7) is 0. The van der Waals surface area contributed by atoms with Gasteiger partial charge < -0.3 is 15.3 Å². The second-order valence-corrected chi connectivity index (χ2v) is 7.51. The molecule has 4 N–H and O–H groups in total. The fraction of sp³-hybridized carbons (Fsp3) is 0. The van der Waals surface area contributed by atoms with Crippen LogP contribution in [0.3, 0.4) is 0 Å². The number of hydrazine groups is 1. The molecule has 0 fully saturated rings. The third kappa shape index (κ3) is 3.23. The largest absolute Gasteiger partial charge is 0.507 e. The molecular formula is C26H18N2O5. The number of nitrogens with zero attached hydrogens (tertiary/aromatic N) is 1. The van der Waals surface area contributed by atoms with Crippen molar-refractivity contribution in [3.05, 3.63) is 107 Å². The summed E-state index contributed by atoms with van der Waals surface area (Å²) in [7, 11) is 0. The van der Waals surface area contributed by atoms with Crippen LogP contribution < -0.4 is 10.4 Å². The number of carbonyl (C=O) groups excluding carboxylic acids is 2. The Kier molecular flexibility index (Phi) is 4.71. The third-order valence-corrected chi connectivity index (χ3v) is 5.50. The SMILES string of the molecule is O=C1c2c(O)ccc(O)c2C(=O)c2c(N(Nc3ccccc3)c3ccccc3)ccc(O)c21. The number of para-hydroxylation sites is 2. The Balaban J connectivity index is 1.76. The van der Waals surface area contributed by atoms with Gasteiger partial charge in [-0.2, -0.15) is 0 Å². The van der Waals surface area contributed by atoms with Gasteiger partial charge in [-0.25, -0.2) is 0 Å². The molecule has 0 aliphatic heterocycles. The summed E-state index contributed by atoms with van der Waals surface area (Å²) in [5, 5.41) is 32.8. The van der Waals surface area contributed by atoms with Gasteiger partial charge in [0.1, 0.15) is 17.2 Å². The highest BCUT2D eigenvalue weighted by atomic mass is 16.3. The van der Waals surface area contributed by atoms with Crippen molar-refractivity contribution < 1.29 is 24.9 Å². The molecule has 33 heavy (non-hydrogen) atoms. The zero-order chi connectivity index (χ0) is 23.1. The van der Waals surface area contributed by atoms with Gasteiger partial charge in [0.15, 0.2) is 0 Å². The first kappa shape index (κ1) is 20.1. The Hall–Kier alpha value is -4.78. The number of hydrogen-bond donors (Lipinski definition) is 4. The number of carbonyl (C=O) groups is 2. The molecule has 162 valence electrons. The average molecular weight is 438 g/mol. The van der Waals surface area contributed by atoms with Gasteiger partial charge >= 0.3 is 0 Å². The molecule has 7 nitrogen and oxygen atoms in total. The molecule has 0 aromatic heterocycles. The molecule has 1 aliphatic carbocycles. The van der Waals surface area contributed by atoms with E-state index in [1.807, 2.05) is 60.7 Å². The van der Waals surface area contributed by atoms with Crippen LogP contribution in [0.2, 0.25) is 0 Å². The minimum Gasteiger partial charge on any atom is -0.507 e. The van der Waals surface area contributed by atoms with Crippen molar-refractivity contribution in [2.45, 2.75) is 0 Å². The lowest BCUT2D eigenvalue weighted by molar-refractivity contribution is 0.0972. The molecule has 0 spiro atoms. The topological polar surface area (TPSA) is 110 Å². The zero-order valence-electron chi connectivity index (χ0n) is 17.2. The highest BCUT2D eigenvalue weighted by molar-refractivity contribution is 6.32. The molecule has 0 heterocycles. The predicted octanol–water partition coefficient (Wildman–Crippen LogP) is 4.74. The molecule has 1 aliphatic rings. The van der Waals surface area contributed by atoms with Crippen molar-refractivity contribution in [3.8, 4) is 17.2 Å². The van der Waals surface area contributed by atoms with Crippen LogP contribution in [0.1, 0.15) is 31.8 Å². The van der Waals surface area contributed by atoms with Gasteiger partial charge in [-0.3, -0.25) is 20.0 Å². The van der Waals surface area contributed by atoms with Gasteiger partial charge in [0, 0.05) is 0 Å². The molecule has 4 aromatic carbocycles. The Morgan fingerprint density at radius 3 is 1.58 bits per heavy atom. The van der Waals surface area contributed by atoms with Gasteiger partial charge in [0.05, 0.1) is 39.3 Å². The normalized spacial score (nSPS) is 12.1. The maximum Gasteiger partial charge on any atom is 0.202 e. The maximum absolute atomic E-state index is 13.6. The Labute approximate surface area is 188 Å². The molecule has 0 amide bonds. The first-order chi connectivity index (χ1) is 16.0. The number of hydrogen-bond acceptors (Lipinski definition) is 7. The second-order valence-electron chi connectivity index (χ2n) is 7.51. The Morgan fingerprint density at radius 2 is 1.00 bits per heavy atom. The first-order valence-electron chi connectivity index (χ1n) is 10.1. The second kappa shape index (κ2) is 7.72. The summed E-state index contributed by atoms with van der Waals surface area (Å²) in [5.74, 6) is -2.70. The molecule has 0 saturated heterocycles. The van der Waals surface area contributed by atoms with Crippen molar-refractivity contribution in [2.24, 2.45) is 0 Å². The fourth-order valence-electron chi connectivity index (χ4n) is 4.00. The average Bonchev–Trinajstić information content (AvgIpc) is 2.83. The lowest BCUT2D eigenvalue weighted by Gasteiger charge is -2.31. The van der Waals surface area contributed by atoms with Crippen LogP contribution in [0.15, 0.2) is 84.9 Å². The third-order valence-electron chi connectivity index (χ3n) is 5.50. The first-order valence-corrected chi connectivity index (χ1v) is 10.1. The Morgan fingerprint density at radius 1 is 0.545 bits per heavy atom. The zero-order valence-corrected chi connectivity index (χ0v) is 17.2. The van der Waals surface area contributed by atoms with E-state index in [9.17, 15) is 24.9 Å². The van der Waals surface area contributed by atoms with Crippen LogP contribution in [0.25, 0.3) is 0 Å². The monoisotopic (exact) mass is 438 g/mol. The van der Waals surface area contributed by atoms with E-state index in [1.54, 1.807) is 5.01 Å². The van der Waals surface area contributed by atoms with E-state index in [0.29, 0.717) is 11.4 Å². The number of phenolic OH excluding ortho intramolecular Hbond substituents is 3. The van der Waals surface area contributed by atoms with Gasteiger partial charge in [-0.1, -0.05) is 36.4 Å². The lowest BCUT2D eigenvalue weighted by atomic mass is 9.81. The number of phenols is 3. The standard InChI is InChI=1S/C26H18N2O5/c29-18-12-11-17(28(16-9-5-2-6-10-16)27-15-7-3-1-4-8-15)21-22(18)26(33)24-20(31)14-13-19(30)23(24)25(21)32/h1-14,27,29-31H. The van der Waals surface area contributed by atoms with Crippen LogP contribution >= 0.6 is 0 Å². The summed E-state index contributed by atoms with van der Waals surface area (Å²) in [6.07, 6.45) is 0.